The number of carboxylic acid groups (broad SMARTS) is 1. The summed E-state index contributed by atoms with van der Waals surface area (Å²) in [5, 5.41) is 31.0. The van der Waals surface area contributed by atoms with E-state index < -0.39 is 11.9 Å². The first-order valence-electron chi connectivity index (χ1n) is 48.5. The van der Waals surface area contributed by atoms with E-state index in [1.165, 1.54) is 140 Å². The van der Waals surface area contributed by atoms with E-state index in [1.807, 2.05) is 77.1 Å². The smallest absolute Gasteiger partial charge is 0.307 e. The molecule has 8 rings (SSSR count). The number of phenolic OH excluding ortho intramolecular Hbond substituents is 2. The highest BCUT2D eigenvalue weighted by Gasteiger charge is 2.37. The molecule has 129 heavy (non-hydrogen) atoms. The normalized spacial score (nSPS) is 17.2. The molecule has 0 spiro atoms. The van der Waals surface area contributed by atoms with Gasteiger partial charge < -0.3 is 53.2 Å². The Bertz CT molecular complexity index is 4180. The van der Waals surface area contributed by atoms with Gasteiger partial charge in [-0.15, -0.1) is 26.3 Å². The Morgan fingerprint density at radius 2 is 0.659 bits per heavy atom. The molecule has 13 nitrogen and oxygen atoms in total. The number of aryl methyl sites for hydroxylation is 5. The summed E-state index contributed by atoms with van der Waals surface area (Å²) in [5.74, 6) is 7.54. The zero-order valence-electron chi connectivity index (χ0n) is 85.0. The second-order valence-corrected chi connectivity index (χ2v) is 36.4. The van der Waals surface area contributed by atoms with Gasteiger partial charge in [-0.25, -0.2) is 0 Å². The van der Waals surface area contributed by atoms with Gasteiger partial charge in [0.25, 0.3) is 0 Å². The van der Waals surface area contributed by atoms with Crippen molar-refractivity contribution in [3.8, 4) is 57.5 Å². The molecular formula is C116H174O13. The first-order chi connectivity index (χ1) is 61.8. The average Bonchev–Trinajstić information content (AvgIpc) is 0.805. The summed E-state index contributed by atoms with van der Waals surface area (Å²) in [6.45, 7) is 55.9. The van der Waals surface area contributed by atoms with E-state index >= 15 is 0 Å². The number of ether oxygens (including phenoxy) is 8. The van der Waals surface area contributed by atoms with Crippen molar-refractivity contribution in [1.29, 1.82) is 0 Å². The molecule has 0 amide bonds. The SMILES string of the molecule is C=C.C=C(C)CC[C@@H](C(=O)O)[C@@H](/C=C/C)c1c(OC)cc(CCCCC)cc1OC.C=C(C)CC[C@@H](C(C)=O)[C@@H](/C=C/C)c1c(OC)cc(CCCCC)cc1OC.C=C(C)[C@@H]1CCC(C)=C[C@H]1c1c(O)cc(CCCCC)cc1O.C=C(C)[C@@H]1CCC(C)=C[C@H]1c1c(OC)cc(CCCCC)cc1OC.CCCCCc1cc(OC)c([C@@H]2C=C(C)CC[C@H]2C)c(OC)c1. The number of hydrogen-bond acceptors (Lipinski definition) is 12. The molecule has 5 aromatic rings. The number of carbonyl (C=O) groups is 2. The molecule has 13 heteroatoms. The number of Topliss-reactive ketones (excluding diaryl/α,β-unsaturated/α-hetero) is 1. The Morgan fingerprint density at radius 1 is 0.395 bits per heavy atom. The van der Waals surface area contributed by atoms with Crippen molar-refractivity contribution in [2.45, 2.75) is 333 Å². The Hall–Kier alpha value is -9.36. The highest BCUT2D eigenvalue weighted by Crippen LogP contribution is 2.52. The van der Waals surface area contributed by atoms with Gasteiger partial charge in [-0.2, -0.15) is 0 Å². The fourth-order valence-electron chi connectivity index (χ4n) is 18.5. The van der Waals surface area contributed by atoms with Gasteiger partial charge in [0.1, 0.15) is 63.3 Å². The number of unbranched alkanes of at least 4 members (excludes halogenated alkanes) is 10. The minimum atomic E-state index is -0.819. The third-order valence-corrected chi connectivity index (χ3v) is 25.7. The van der Waals surface area contributed by atoms with Crippen LogP contribution < -0.4 is 37.9 Å². The van der Waals surface area contributed by atoms with Crippen LogP contribution in [-0.4, -0.2) is 84.0 Å². The van der Waals surface area contributed by atoms with Crippen LogP contribution in [0.15, 0.2) is 182 Å². The van der Waals surface area contributed by atoms with Crippen LogP contribution in [0, 0.1) is 29.6 Å². The van der Waals surface area contributed by atoms with E-state index in [2.05, 4.69) is 169 Å². The van der Waals surface area contributed by atoms with Crippen molar-refractivity contribution < 1.29 is 62.8 Å². The number of ketones is 1. The lowest BCUT2D eigenvalue weighted by atomic mass is 9.73. The molecule has 3 N–H and O–H groups in total. The summed E-state index contributed by atoms with van der Waals surface area (Å²) in [5.41, 5.74) is 19.5. The van der Waals surface area contributed by atoms with Crippen LogP contribution in [0.3, 0.4) is 0 Å². The zero-order chi connectivity index (χ0) is 96.4. The lowest BCUT2D eigenvalue weighted by molar-refractivity contribution is -0.142. The predicted octanol–water partition coefficient (Wildman–Crippen LogP) is 31.8. The Kier molecular flexibility index (Phi) is 54.8. The number of methoxy groups -OCH3 is 8. The van der Waals surface area contributed by atoms with Crippen LogP contribution in [-0.2, 0) is 41.7 Å². The zero-order valence-corrected chi connectivity index (χ0v) is 85.0. The van der Waals surface area contributed by atoms with Gasteiger partial charge in [0, 0.05) is 63.3 Å². The quantitative estimate of drug-likeness (QED) is 0.0249. The molecular weight excluding hydrogens is 1600 g/mol. The third-order valence-electron chi connectivity index (χ3n) is 25.7. The summed E-state index contributed by atoms with van der Waals surface area (Å²) in [6, 6.07) is 20.8. The second kappa shape index (κ2) is 62.1. The maximum Gasteiger partial charge on any atom is 0.307 e. The summed E-state index contributed by atoms with van der Waals surface area (Å²) in [4.78, 5) is 24.6. The number of carboxylic acids is 1. The van der Waals surface area contributed by atoms with Crippen molar-refractivity contribution in [3.63, 3.8) is 0 Å². The number of rotatable bonds is 47. The van der Waals surface area contributed by atoms with Gasteiger partial charge in [0.05, 0.1) is 62.8 Å². The topological polar surface area (TPSA) is 169 Å². The fraction of sp³-hybridized carbons (Fsp3) is 0.552. The van der Waals surface area contributed by atoms with Crippen LogP contribution in [0.5, 0.6) is 57.5 Å². The first kappa shape index (κ1) is 114. The summed E-state index contributed by atoms with van der Waals surface area (Å²) < 4.78 is 46.1. The second-order valence-electron chi connectivity index (χ2n) is 36.4. The van der Waals surface area contributed by atoms with Gasteiger partial charge in [-0.1, -0.05) is 200 Å². The first-order valence-corrected chi connectivity index (χ1v) is 48.5. The fourth-order valence-corrected chi connectivity index (χ4v) is 18.5. The third kappa shape index (κ3) is 36.4. The van der Waals surface area contributed by atoms with Gasteiger partial charge in [-0.3, -0.25) is 9.59 Å². The van der Waals surface area contributed by atoms with Crippen LogP contribution in [0.1, 0.15) is 357 Å². The van der Waals surface area contributed by atoms with E-state index in [0.717, 1.165) is 163 Å². The number of aromatic hydroxyl groups is 2. The number of carbonyl (C=O) groups excluding carboxylic acids is 1. The van der Waals surface area contributed by atoms with E-state index in [0.29, 0.717) is 47.7 Å². The lowest BCUT2D eigenvalue weighted by Gasteiger charge is -2.32. The molecule has 3 aliphatic carbocycles. The van der Waals surface area contributed by atoms with E-state index in [1.54, 1.807) is 63.8 Å². The summed E-state index contributed by atoms with van der Waals surface area (Å²) in [7, 11) is 13.7. The van der Waals surface area contributed by atoms with Crippen LogP contribution >= 0.6 is 0 Å². The van der Waals surface area contributed by atoms with Crippen LogP contribution in [0.4, 0.5) is 0 Å². The van der Waals surface area contributed by atoms with Crippen molar-refractivity contribution >= 4 is 11.8 Å². The number of allylic oxidation sites excluding steroid dienone is 14. The molecule has 0 fully saturated rings. The molecule has 0 saturated carbocycles. The number of benzene rings is 5. The molecule has 716 valence electrons. The van der Waals surface area contributed by atoms with Crippen LogP contribution in [0.2, 0.25) is 0 Å². The maximum absolute atomic E-state index is 12.5. The van der Waals surface area contributed by atoms with E-state index in [4.69, 9.17) is 37.9 Å². The lowest BCUT2D eigenvalue weighted by Crippen LogP contribution is -2.22. The molecule has 0 aliphatic heterocycles. The number of hydrogen-bond donors (Lipinski definition) is 3. The standard InChI is InChI=1S/C25H38O3.C24H36O4.C23H34O2.C21H32O2.C21H30O2.C2H4/c1-8-10-11-13-20-16-23(27-6)25(24(17-20)28-7)22(12-9-2)21(19(5)26)15-14-18(3)4;1-7-9-10-12-18-15-21(27-5)23(22(16-18)28-6)19(11-8-2)20(24(25)26)14-13-17(3)4;1-7-8-9-10-18-14-21(24-5)23(22(15-18)25-6)20-13-17(4)11-12-19(20)16(2)3;1-6-7-8-9-17-13-19(22-4)21(20(14-17)23-5)18-12-15(2)10-11-16(18)3;1-5-6-7-8-16-12-19(22)21(20(23)13-16)18-11-15(4)9-10-17(18)14(2)3;1-2/h9,12,16-17,21-22H,3,8,10-11,13-15H2,1-2,4-7H3;8,11,15-16,19-20H,3,7,9-10,12-14H2,1-2,4-6H3,(H,25,26);13-15,19-20H,2,7-12H2,1,3-6H3;12-14,16,18H,6-11H2,1-5H3;11-13,17-18,22-23H,2,5-10H2,1,3-4H3;1-2H2/b12-9+;11-8+;;;;/t21-,22+;19-,20-;19-,20+;16-,18-;17-,18+;/m01010./s1. The van der Waals surface area contributed by atoms with Gasteiger partial charge in [0.2, 0.25) is 0 Å². The van der Waals surface area contributed by atoms with Crippen molar-refractivity contribution in [3.05, 3.63) is 237 Å². The molecule has 0 radical (unpaired) electrons. The Balaban J connectivity index is 0.000000414. The van der Waals surface area contributed by atoms with Gasteiger partial charge in [-0.05, 0) is 304 Å². The summed E-state index contributed by atoms with van der Waals surface area (Å²) in [6.07, 6.45) is 47.4. The Labute approximate surface area is 784 Å². The minimum absolute atomic E-state index is 0.0194. The molecule has 0 bridgehead atoms. The largest absolute Gasteiger partial charge is 0.507 e. The van der Waals surface area contributed by atoms with Crippen molar-refractivity contribution in [2.75, 3.05) is 56.9 Å². The van der Waals surface area contributed by atoms with E-state index in [-0.39, 0.29) is 52.8 Å². The number of aliphatic carboxylic acids is 1. The molecule has 0 aromatic heterocycles. The minimum Gasteiger partial charge on any atom is -0.507 e. The average molecular weight is 1780 g/mol. The molecule has 10 atom stereocenters. The van der Waals surface area contributed by atoms with Gasteiger partial charge in [0.15, 0.2) is 0 Å². The number of phenols is 2. The van der Waals surface area contributed by atoms with Crippen molar-refractivity contribution in [1.82, 2.24) is 0 Å². The van der Waals surface area contributed by atoms with Crippen LogP contribution in [0.25, 0.3) is 0 Å². The van der Waals surface area contributed by atoms with E-state index in [9.17, 15) is 24.9 Å². The predicted molar refractivity (Wildman–Crippen MR) is 547 cm³/mol. The van der Waals surface area contributed by atoms with Gasteiger partial charge >= 0.3 is 5.97 Å². The maximum atomic E-state index is 12.5. The Morgan fingerprint density at radius 3 is 0.930 bits per heavy atom. The molecule has 0 unspecified atom stereocenters. The highest BCUT2D eigenvalue weighted by atomic mass is 16.5. The molecule has 3 aliphatic rings. The molecule has 0 heterocycles. The highest BCUT2D eigenvalue weighted by molar-refractivity contribution is 5.80. The molecule has 0 saturated heterocycles. The van der Waals surface area contributed by atoms with Crippen molar-refractivity contribution in [2.24, 2.45) is 29.6 Å². The molecule has 5 aromatic carbocycles. The monoisotopic (exact) mass is 1780 g/mol. The summed E-state index contributed by atoms with van der Waals surface area (Å²) >= 11 is 0.